The highest BCUT2D eigenvalue weighted by Crippen LogP contribution is 2.30. The molecule has 0 radical (unpaired) electrons. The first-order valence-corrected chi connectivity index (χ1v) is 7.11. The van der Waals surface area contributed by atoms with Crippen LogP contribution >= 0.6 is 11.3 Å². The van der Waals surface area contributed by atoms with Crippen molar-refractivity contribution in [2.24, 2.45) is 5.73 Å². The summed E-state index contributed by atoms with van der Waals surface area (Å²) in [7, 11) is 2.19. The molecule has 1 aliphatic carbocycles. The highest BCUT2D eigenvalue weighted by Gasteiger charge is 2.28. The van der Waals surface area contributed by atoms with E-state index in [4.69, 9.17) is 5.73 Å². The lowest BCUT2D eigenvalue weighted by molar-refractivity contribution is 0.274. The van der Waals surface area contributed by atoms with Crippen molar-refractivity contribution in [1.82, 2.24) is 4.90 Å². The molecule has 1 saturated carbocycles. The second-order valence-electron chi connectivity index (χ2n) is 5.19. The molecule has 3 heteroatoms. The summed E-state index contributed by atoms with van der Waals surface area (Å²) in [6.45, 7) is 2.17. The minimum atomic E-state index is 0.142. The summed E-state index contributed by atoms with van der Waals surface area (Å²) in [5, 5.41) is 4.37. The van der Waals surface area contributed by atoms with Gasteiger partial charge >= 0.3 is 0 Å². The molecule has 90 valence electrons. The predicted octanol–water partition coefficient (Wildman–Crippen LogP) is 2.84. The third kappa shape index (κ3) is 3.30. The summed E-state index contributed by atoms with van der Waals surface area (Å²) in [6, 6.07) is 2.20. The highest BCUT2D eigenvalue weighted by atomic mass is 32.1. The molecular formula is C13H22N2S. The van der Waals surface area contributed by atoms with E-state index in [1.165, 1.54) is 31.2 Å². The number of nitrogens with two attached hydrogens (primary N) is 1. The van der Waals surface area contributed by atoms with Crippen molar-refractivity contribution in [2.75, 3.05) is 13.6 Å². The van der Waals surface area contributed by atoms with Crippen molar-refractivity contribution < 1.29 is 0 Å². The van der Waals surface area contributed by atoms with Gasteiger partial charge in [-0.3, -0.25) is 0 Å². The van der Waals surface area contributed by atoms with Gasteiger partial charge in [-0.25, -0.2) is 0 Å². The van der Waals surface area contributed by atoms with E-state index in [0.29, 0.717) is 0 Å². The summed E-state index contributed by atoms with van der Waals surface area (Å²) in [4.78, 5) is 2.38. The molecule has 0 unspecified atom stereocenters. The lowest BCUT2D eigenvalue weighted by atomic mass is 9.94. The van der Waals surface area contributed by atoms with Crippen LogP contribution in [0.15, 0.2) is 16.8 Å². The highest BCUT2D eigenvalue weighted by molar-refractivity contribution is 7.07. The van der Waals surface area contributed by atoms with Crippen molar-refractivity contribution >= 4 is 11.3 Å². The summed E-state index contributed by atoms with van der Waals surface area (Å²) in [5.41, 5.74) is 7.92. The molecule has 0 saturated heterocycles. The van der Waals surface area contributed by atoms with Crippen LogP contribution in [-0.4, -0.2) is 24.0 Å². The standard InChI is InChI=1S/C13H22N2S/c1-15(10-12-4-9-16-11-12)8-7-13(14)5-2-3-6-13/h4,9,11H,2-3,5-8,10,14H2,1H3. The molecule has 1 aromatic rings. The van der Waals surface area contributed by atoms with Crippen LogP contribution in [0.4, 0.5) is 0 Å². The first kappa shape index (κ1) is 12.1. The van der Waals surface area contributed by atoms with E-state index in [-0.39, 0.29) is 5.54 Å². The van der Waals surface area contributed by atoms with E-state index in [9.17, 15) is 0 Å². The lowest BCUT2D eigenvalue weighted by Gasteiger charge is -2.26. The minimum Gasteiger partial charge on any atom is -0.325 e. The van der Waals surface area contributed by atoms with Crippen LogP contribution in [-0.2, 0) is 6.54 Å². The van der Waals surface area contributed by atoms with Crippen molar-refractivity contribution in [3.8, 4) is 0 Å². The molecule has 0 spiro atoms. The summed E-state index contributed by atoms with van der Waals surface area (Å²) < 4.78 is 0. The minimum absolute atomic E-state index is 0.142. The van der Waals surface area contributed by atoms with E-state index in [2.05, 4.69) is 28.8 Å². The predicted molar refractivity (Wildman–Crippen MR) is 70.7 cm³/mol. The van der Waals surface area contributed by atoms with Gasteiger partial charge in [0.1, 0.15) is 0 Å². The average molecular weight is 238 g/mol. The maximum atomic E-state index is 6.36. The number of nitrogens with zero attached hydrogens (tertiary/aromatic N) is 1. The molecule has 0 amide bonds. The van der Waals surface area contributed by atoms with E-state index in [0.717, 1.165) is 19.5 Å². The van der Waals surface area contributed by atoms with Crippen molar-refractivity contribution in [2.45, 2.75) is 44.2 Å². The van der Waals surface area contributed by atoms with Crippen LogP contribution < -0.4 is 5.73 Å². The molecule has 2 nitrogen and oxygen atoms in total. The summed E-state index contributed by atoms with van der Waals surface area (Å²) in [5.74, 6) is 0. The average Bonchev–Trinajstić information content (AvgIpc) is 2.88. The topological polar surface area (TPSA) is 29.3 Å². The Labute approximate surface area is 102 Å². The Morgan fingerprint density at radius 2 is 2.19 bits per heavy atom. The molecule has 16 heavy (non-hydrogen) atoms. The SMILES string of the molecule is CN(CCC1(N)CCCC1)Cc1ccsc1. The van der Waals surface area contributed by atoms with E-state index < -0.39 is 0 Å². The van der Waals surface area contributed by atoms with Gasteiger partial charge in [0.25, 0.3) is 0 Å². The fourth-order valence-corrected chi connectivity index (χ4v) is 3.18. The number of hydrogen-bond donors (Lipinski definition) is 1. The van der Waals surface area contributed by atoms with Gasteiger partial charge in [-0.1, -0.05) is 12.8 Å². The zero-order valence-corrected chi connectivity index (χ0v) is 10.9. The fourth-order valence-electron chi connectivity index (χ4n) is 2.52. The summed E-state index contributed by atoms with van der Waals surface area (Å²) in [6.07, 6.45) is 6.24. The number of hydrogen-bond acceptors (Lipinski definition) is 3. The molecule has 0 bridgehead atoms. The normalized spacial score (nSPS) is 19.4. The Balaban J connectivity index is 1.73. The number of thiophene rings is 1. The van der Waals surface area contributed by atoms with Gasteiger partial charge in [-0.05, 0) is 55.2 Å². The largest absolute Gasteiger partial charge is 0.325 e. The quantitative estimate of drug-likeness (QED) is 0.854. The van der Waals surface area contributed by atoms with Gasteiger partial charge in [0, 0.05) is 12.1 Å². The molecule has 1 aromatic heterocycles. The van der Waals surface area contributed by atoms with Crippen LogP contribution in [0, 0.1) is 0 Å². The lowest BCUT2D eigenvalue weighted by Crippen LogP contribution is -2.39. The monoisotopic (exact) mass is 238 g/mol. The molecule has 0 atom stereocenters. The first-order valence-electron chi connectivity index (χ1n) is 6.16. The maximum absolute atomic E-state index is 6.36. The Morgan fingerprint density at radius 1 is 1.44 bits per heavy atom. The maximum Gasteiger partial charge on any atom is 0.0238 e. The van der Waals surface area contributed by atoms with Crippen molar-refractivity contribution in [3.05, 3.63) is 22.4 Å². The van der Waals surface area contributed by atoms with Gasteiger partial charge in [-0.15, -0.1) is 0 Å². The fraction of sp³-hybridized carbons (Fsp3) is 0.692. The third-order valence-corrected chi connectivity index (χ3v) is 4.36. The smallest absolute Gasteiger partial charge is 0.0238 e. The molecule has 1 heterocycles. The Kier molecular flexibility index (Phi) is 4.00. The molecular weight excluding hydrogens is 216 g/mol. The van der Waals surface area contributed by atoms with Crippen LogP contribution in [0.3, 0.4) is 0 Å². The second-order valence-corrected chi connectivity index (χ2v) is 5.97. The first-order chi connectivity index (χ1) is 7.68. The van der Waals surface area contributed by atoms with Gasteiger partial charge in [0.2, 0.25) is 0 Å². The molecule has 2 rings (SSSR count). The van der Waals surface area contributed by atoms with Crippen LogP contribution in [0.25, 0.3) is 0 Å². The Bertz CT molecular complexity index is 302. The van der Waals surface area contributed by atoms with Gasteiger partial charge in [0.05, 0.1) is 0 Å². The zero-order valence-electron chi connectivity index (χ0n) is 10.1. The Morgan fingerprint density at radius 3 is 2.81 bits per heavy atom. The second kappa shape index (κ2) is 5.30. The summed E-state index contributed by atoms with van der Waals surface area (Å²) >= 11 is 1.77. The molecule has 1 aliphatic rings. The van der Waals surface area contributed by atoms with Crippen molar-refractivity contribution in [3.63, 3.8) is 0 Å². The molecule has 1 fully saturated rings. The van der Waals surface area contributed by atoms with Crippen LogP contribution in [0.5, 0.6) is 0 Å². The van der Waals surface area contributed by atoms with Crippen LogP contribution in [0.2, 0.25) is 0 Å². The van der Waals surface area contributed by atoms with Crippen molar-refractivity contribution in [1.29, 1.82) is 0 Å². The zero-order chi connectivity index (χ0) is 11.4. The van der Waals surface area contributed by atoms with E-state index in [1.54, 1.807) is 11.3 Å². The molecule has 0 aromatic carbocycles. The van der Waals surface area contributed by atoms with Gasteiger partial charge in [0.15, 0.2) is 0 Å². The third-order valence-electron chi connectivity index (χ3n) is 3.62. The van der Waals surface area contributed by atoms with Gasteiger partial charge < -0.3 is 10.6 Å². The van der Waals surface area contributed by atoms with E-state index >= 15 is 0 Å². The molecule has 2 N–H and O–H groups in total. The number of rotatable bonds is 5. The van der Waals surface area contributed by atoms with E-state index in [1.807, 2.05) is 0 Å². The van der Waals surface area contributed by atoms with Crippen LogP contribution in [0.1, 0.15) is 37.7 Å². The molecule has 0 aliphatic heterocycles. The van der Waals surface area contributed by atoms with Gasteiger partial charge in [-0.2, -0.15) is 11.3 Å². The Hall–Kier alpha value is -0.380.